The van der Waals surface area contributed by atoms with Crippen molar-refractivity contribution in [2.75, 3.05) is 5.73 Å². The lowest BCUT2D eigenvalue weighted by Crippen LogP contribution is -1.89. The minimum atomic E-state index is 0.148. The van der Waals surface area contributed by atoms with E-state index in [1.165, 1.54) is 10.5 Å². The number of hydrogen-bond donors (Lipinski definition) is 2. The van der Waals surface area contributed by atoms with Crippen LogP contribution in [0.1, 0.15) is 30.9 Å². The lowest BCUT2D eigenvalue weighted by Gasteiger charge is -2.07. The molecule has 0 amide bonds. The first-order chi connectivity index (χ1) is 9.06. The Labute approximate surface area is 118 Å². The Morgan fingerprint density at radius 2 is 1.79 bits per heavy atom. The molecule has 100 valence electrons. The Morgan fingerprint density at radius 3 is 2.37 bits per heavy atom. The van der Waals surface area contributed by atoms with E-state index in [1.807, 2.05) is 12.1 Å². The number of thioether (sulfide) groups is 1. The zero-order chi connectivity index (χ0) is 13.8. The summed E-state index contributed by atoms with van der Waals surface area (Å²) in [6, 6.07) is 14.0. The topological polar surface area (TPSA) is 46.2 Å². The second-order valence-electron chi connectivity index (χ2n) is 4.91. The third kappa shape index (κ3) is 3.67. The van der Waals surface area contributed by atoms with Crippen molar-refractivity contribution < 1.29 is 5.11 Å². The summed E-state index contributed by atoms with van der Waals surface area (Å²) in [6.07, 6.45) is 0. The molecule has 2 aromatic rings. The number of aromatic hydroxyl groups is 1. The van der Waals surface area contributed by atoms with Crippen molar-refractivity contribution in [3.63, 3.8) is 0 Å². The van der Waals surface area contributed by atoms with Gasteiger partial charge in [0.05, 0.1) is 5.69 Å². The van der Waals surface area contributed by atoms with E-state index in [2.05, 4.69) is 38.1 Å². The summed E-state index contributed by atoms with van der Waals surface area (Å²) < 4.78 is 0. The number of phenols is 1. The molecule has 0 unspecified atom stereocenters. The lowest BCUT2D eigenvalue weighted by atomic mass is 10.0. The highest BCUT2D eigenvalue weighted by Gasteiger charge is 2.02. The average molecular weight is 273 g/mol. The van der Waals surface area contributed by atoms with Crippen LogP contribution in [0.5, 0.6) is 5.75 Å². The SMILES string of the molecule is CC(C)c1ccc(SCc2ccc(O)c(N)c2)cc1. The van der Waals surface area contributed by atoms with Crippen molar-refractivity contribution >= 4 is 17.4 Å². The molecule has 0 aliphatic heterocycles. The van der Waals surface area contributed by atoms with Gasteiger partial charge in [-0.1, -0.05) is 32.0 Å². The van der Waals surface area contributed by atoms with Crippen LogP contribution < -0.4 is 5.73 Å². The fraction of sp³-hybridized carbons (Fsp3) is 0.250. The Balaban J connectivity index is 2.00. The molecule has 0 atom stereocenters. The van der Waals surface area contributed by atoms with Gasteiger partial charge in [-0.05, 0) is 41.3 Å². The van der Waals surface area contributed by atoms with Gasteiger partial charge in [0.15, 0.2) is 0 Å². The molecule has 0 radical (unpaired) electrons. The van der Waals surface area contributed by atoms with Gasteiger partial charge in [0.1, 0.15) is 5.75 Å². The maximum absolute atomic E-state index is 9.38. The molecule has 2 rings (SSSR count). The summed E-state index contributed by atoms with van der Waals surface area (Å²) in [7, 11) is 0. The van der Waals surface area contributed by atoms with E-state index in [4.69, 9.17) is 5.73 Å². The first kappa shape index (κ1) is 13.8. The highest BCUT2D eigenvalue weighted by atomic mass is 32.2. The van der Waals surface area contributed by atoms with Gasteiger partial charge in [-0.15, -0.1) is 11.8 Å². The van der Waals surface area contributed by atoms with Gasteiger partial charge in [-0.2, -0.15) is 0 Å². The molecular formula is C16H19NOS. The van der Waals surface area contributed by atoms with E-state index in [1.54, 1.807) is 17.8 Å². The van der Waals surface area contributed by atoms with Crippen LogP contribution in [0.2, 0.25) is 0 Å². The summed E-state index contributed by atoms with van der Waals surface area (Å²) in [5.41, 5.74) is 8.60. The molecular weight excluding hydrogens is 254 g/mol. The van der Waals surface area contributed by atoms with Crippen LogP contribution in [0.15, 0.2) is 47.4 Å². The number of nitrogens with two attached hydrogens (primary N) is 1. The van der Waals surface area contributed by atoms with Crippen molar-refractivity contribution in [1.29, 1.82) is 0 Å². The first-order valence-corrected chi connectivity index (χ1v) is 7.35. The van der Waals surface area contributed by atoms with Crippen LogP contribution >= 0.6 is 11.8 Å². The molecule has 2 aromatic carbocycles. The van der Waals surface area contributed by atoms with E-state index >= 15 is 0 Å². The van der Waals surface area contributed by atoms with E-state index in [9.17, 15) is 5.11 Å². The molecule has 0 saturated carbocycles. The summed E-state index contributed by atoms with van der Waals surface area (Å²) in [5.74, 6) is 1.57. The van der Waals surface area contributed by atoms with Crippen molar-refractivity contribution in [2.45, 2.75) is 30.4 Å². The van der Waals surface area contributed by atoms with Gasteiger partial charge < -0.3 is 10.8 Å². The Morgan fingerprint density at radius 1 is 1.11 bits per heavy atom. The van der Waals surface area contributed by atoms with E-state index in [0.29, 0.717) is 11.6 Å². The van der Waals surface area contributed by atoms with E-state index < -0.39 is 0 Å². The van der Waals surface area contributed by atoms with Crippen molar-refractivity contribution in [1.82, 2.24) is 0 Å². The number of rotatable bonds is 4. The molecule has 0 spiro atoms. The number of hydrogen-bond acceptors (Lipinski definition) is 3. The van der Waals surface area contributed by atoms with Crippen LogP contribution in [0.3, 0.4) is 0 Å². The molecule has 3 N–H and O–H groups in total. The van der Waals surface area contributed by atoms with Gasteiger partial charge in [0, 0.05) is 10.6 Å². The number of anilines is 1. The molecule has 0 aliphatic rings. The predicted molar refractivity (Wildman–Crippen MR) is 82.6 cm³/mol. The van der Waals surface area contributed by atoms with Crippen LogP contribution in [0, 0.1) is 0 Å². The third-order valence-electron chi connectivity index (χ3n) is 3.04. The highest BCUT2D eigenvalue weighted by molar-refractivity contribution is 7.98. The zero-order valence-electron chi connectivity index (χ0n) is 11.3. The monoisotopic (exact) mass is 273 g/mol. The number of nitrogen functional groups attached to an aromatic ring is 1. The smallest absolute Gasteiger partial charge is 0.138 e. The first-order valence-electron chi connectivity index (χ1n) is 6.36. The molecule has 2 nitrogen and oxygen atoms in total. The molecule has 3 heteroatoms. The zero-order valence-corrected chi connectivity index (χ0v) is 12.1. The van der Waals surface area contributed by atoms with Crippen LogP contribution in [-0.4, -0.2) is 5.11 Å². The Hall–Kier alpha value is -1.61. The number of phenolic OH excluding ortho intramolecular Hbond substituents is 1. The highest BCUT2D eigenvalue weighted by Crippen LogP contribution is 2.27. The van der Waals surface area contributed by atoms with Crippen molar-refractivity contribution in [3.05, 3.63) is 53.6 Å². The average Bonchev–Trinajstić information content (AvgIpc) is 2.40. The van der Waals surface area contributed by atoms with Gasteiger partial charge in [0.25, 0.3) is 0 Å². The minimum absolute atomic E-state index is 0.148. The maximum Gasteiger partial charge on any atom is 0.138 e. The normalized spacial score (nSPS) is 10.9. The predicted octanol–water partition coefficient (Wildman–Crippen LogP) is 4.39. The second kappa shape index (κ2) is 6.02. The molecule has 0 aromatic heterocycles. The minimum Gasteiger partial charge on any atom is -0.506 e. The molecule has 0 aliphatic carbocycles. The standard InChI is InChI=1S/C16H19NOS/c1-11(2)13-4-6-14(7-5-13)19-10-12-3-8-16(18)15(17)9-12/h3-9,11,18H,10,17H2,1-2H3. The van der Waals surface area contributed by atoms with Crippen molar-refractivity contribution in [2.24, 2.45) is 0 Å². The second-order valence-corrected chi connectivity index (χ2v) is 5.95. The maximum atomic E-state index is 9.38. The lowest BCUT2D eigenvalue weighted by molar-refractivity contribution is 0.478. The summed E-state index contributed by atoms with van der Waals surface area (Å²) >= 11 is 1.77. The fourth-order valence-electron chi connectivity index (χ4n) is 1.81. The Kier molecular flexibility index (Phi) is 4.38. The van der Waals surface area contributed by atoms with Crippen LogP contribution in [0.25, 0.3) is 0 Å². The molecule has 0 heterocycles. The fourth-order valence-corrected chi connectivity index (χ4v) is 2.65. The van der Waals surface area contributed by atoms with E-state index in [0.717, 1.165) is 11.3 Å². The summed E-state index contributed by atoms with van der Waals surface area (Å²) in [6.45, 7) is 4.39. The quantitative estimate of drug-likeness (QED) is 0.493. The third-order valence-corrected chi connectivity index (χ3v) is 4.13. The number of benzene rings is 2. The van der Waals surface area contributed by atoms with Gasteiger partial charge in [-0.3, -0.25) is 0 Å². The summed E-state index contributed by atoms with van der Waals surface area (Å²) in [4.78, 5) is 1.25. The molecule has 19 heavy (non-hydrogen) atoms. The van der Waals surface area contributed by atoms with E-state index in [-0.39, 0.29) is 5.75 Å². The van der Waals surface area contributed by atoms with Crippen molar-refractivity contribution in [3.8, 4) is 5.75 Å². The van der Waals surface area contributed by atoms with Crippen LogP contribution in [-0.2, 0) is 5.75 Å². The molecule has 0 saturated heterocycles. The Bertz CT molecular complexity index is 549. The van der Waals surface area contributed by atoms with Gasteiger partial charge in [-0.25, -0.2) is 0 Å². The molecule has 0 fully saturated rings. The summed E-state index contributed by atoms with van der Waals surface area (Å²) in [5, 5.41) is 9.38. The van der Waals surface area contributed by atoms with Gasteiger partial charge >= 0.3 is 0 Å². The van der Waals surface area contributed by atoms with Gasteiger partial charge in [0.2, 0.25) is 0 Å². The molecule has 0 bridgehead atoms. The largest absolute Gasteiger partial charge is 0.506 e. The van der Waals surface area contributed by atoms with Crippen LogP contribution in [0.4, 0.5) is 5.69 Å².